The van der Waals surface area contributed by atoms with Crippen molar-refractivity contribution >= 4 is 5.97 Å². The Kier molecular flexibility index (Phi) is 3.89. The van der Waals surface area contributed by atoms with E-state index in [1.54, 1.807) is 12.1 Å². The Morgan fingerprint density at radius 1 is 1.50 bits per heavy atom. The van der Waals surface area contributed by atoms with Crippen LogP contribution in [-0.2, 0) is 21.1 Å². The Morgan fingerprint density at radius 3 is 2.50 bits per heavy atom. The van der Waals surface area contributed by atoms with E-state index >= 15 is 0 Å². The predicted molar refractivity (Wildman–Crippen MR) is 31.2 cm³/mol. The Bertz CT molecular complexity index is 212. The van der Waals surface area contributed by atoms with Crippen LogP contribution in [0.1, 0.15) is 10.5 Å². The van der Waals surface area contributed by atoms with Gasteiger partial charge in [0, 0.05) is 27.3 Å². The average molecular weight is 219 g/mol. The van der Waals surface area contributed by atoms with Crippen LogP contribution in [0.3, 0.4) is 0 Å². The number of hydrogen-bond acceptors (Lipinski definition) is 2. The summed E-state index contributed by atoms with van der Waals surface area (Å²) in [6, 6.07) is 4.76. The minimum Gasteiger partial charge on any atom is -0.477 e. The maximum absolute atomic E-state index is 10.1. The molecule has 0 aromatic carbocycles. The SMILES string of the molecule is O=C(O)c1ccccn1.[Mo]. The Morgan fingerprint density at radius 2 is 2.20 bits per heavy atom. The van der Waals surface area contributed by atoms with Gasteiger partial charge < -0.3 is 5.11 Å². The summed E-state index contributed by atoms with van der Waals surface area (Å²) in [4.78, 5) is 13.7. The molecule has 1 aromatic heterocycles. The second-order valence-electron chi connectivity index (χ2n) is 1.52. The molecule has 1 N–H and O–H groups in total. The van der Waals surface area contributed by atoms with E-state index in [0.717, 1.165) is 0 Å². The number of aromatic nitrogens is 1. The van der Waals surface area contributed by atoms with Crippen molar-refractivity contribution in [1.82, 2.24) is 4.98 Å². The van der Waals surface area contributed by atoms with E-state index in [4.69, 9.17) is 5.11 Å². The first-order valence-corrected chi connectivity index (χ1v) is 2.45. The number of carbonyl (C=O) groups is 1. The van der Waals surface area contributed by atoms with E-state index in [9.17, 15) is 4.79 Å². The minimum atomic E-state index is -0.990. The van der Waals surface area contributed by atoms with Crippen LogP contribution < -0.4 is 0 Å². The van der Waals surface area contributed by atoms with Crippen molar-refractivity contribution in [3.63, 3.8) is 0 Å². The smallest absolute Gasteiger partial charge is 0.354 e. The molecule has 0 radical (unpaired) electrons. The van der Waals surface area contributed by atoms with Crippen LogP contribution in [0.15, 0.2) is 24.4 Å². The molecule has 1 heterocycles. The molecule has 0 aliphatic rings. The van der Waals surface area contributed by atoms with Crippen LogP contribution >= 0.6 is 0 Å². The molecule has 0 fully saturated rings. The third-order valence-electron chi connectivity index (χ3n) is 0.884. The van der Waals surface area contributed by atoms with Crippen molar-refractivity contribution in [1.29, 1.82) is 0 Å². The number of rotatable bonds is 1. The third kappa shape index (κ3) is 2.27. The van der Waals surface area contributed by atoms with Crippen LogP contribution in [0.5, 0.6) is 0 Å². The van der Waals surface area contributed by atoms with Crippen molar-refractivity contribution in [3.05, 3.63) is 30.1 Å². The first-order chi connectivity index (χ1) is 4.30. The summed E-state index contributed by atoms with van der Waals surface area (Å²) < 4.78 is 0. The molecule has 3 nitrogen and oxygen atoms in total. The van der Waals surface area contributed by atoms with E-state index in [2.05, 4.69) is 4.98 Å². The molecule has 10 heavy (non-hydrogen) atoms. The number of nitrogens with zero attached hydrogens (tertiary/aromatic N) is 1. The Labute approximate surface area is 72.4 Å². The fourth-order valence-electron chi connectivity index (χ4n) is 0.489. The van der Waals surface area contributed by atoms with E-state index in [-0.39, 0.29) is 26.8 Å². The molecular weight excluding hydrogens is 214 g/mol. The topological polar surface area (TPSA) is 50.2 Å². The zero-order valence-corrected chi connectivity index (χ0v) is 7.03. The summed E-state index contributed by atoms with van der Waals surface area (Å²) in [7, 11) is 0. The maximum atomic E-state index is 10.1. The van der Waals surface area contributed by atoms with E-state index < -0.39 is 5.97 Å². The molecular formula is C6H5MoNO2. The van der Waals surface area contributed by atoms with E-state index in [1.165, 1.54) is 12.3 Å². The second-order valence-corrected chi connectivity index (χ2v) is 1.52. The van der Waals surface area contributed by atoms with Gasteiger partial charge in [-0.25, -0.2) is 9.78 Å². The molecule has 1 aromatic rings. The quantitative estimate of drug-likeness (QED) is 0.710. The Balaban J connectivity index is 0.000000810. The number of carboxylic acid groups (broad SMARTS) is 1. The number of carboxylic acids is 1. The molecule has 52 valence electrons. The van der Waals surface area contributed by atoms with Crippen molar-refractivity contribution in [2.24, 2.45) is 0 Å². The molecule has 0 saturated carbocycles. The maximum Gasteiger partial charge on any atom is 0.354 e. The van der Waals surface area contributed by atoms with Crippen LogP contribution in [0, 0.1) is 0 Å². The number of hydrogen-bond donors (Lipinski definition) is 1. The summed E-state index contributed by atoms with van der Waals surface area (Å²) >= 11 is 0. The van der Waals surface area contributed by atoms with Gasteiger partial charge in [0.25, 0.3) is 0 Å². The largest absolute Gasteiger partial charge is 0.477 e. The molecule has 0 saturated heterocycles. The zero-order valence-electron chi connectivity index (χ0n) is 5.02. The van der Waals surface area contributed by atoms with Gasteiger partial charge in [0.15, 0.2) is 0 Å². The molecule has 1 rings (SSSR count). The van der Waals surface area contributed by atoms with Crippen molar-refractivity contribution in [2.45, 2.75) is 0 Å². The minimum absolute atomic E-state index is 0. The summed E-state index contributed by atoms with van der Waals surface area (Å²) in [5.74, 6) is -0.990. The molecule has 0 atom stereocenters. The van der Waals surface area contributed by atoms with Gasteiger partial charge in [-0.15, -0.1) is 0 Å². The molecule has 0 aliphatic heterocycles. The van der Waals surface area contributed by atoms with Crippen LogP contribution in [0.25, 0.3) is 0 Å². The Hall–Kier alpha value is -0.692. The van der Waals surface area contributed by atoms with Crippen molar-refractivity contribution < 1.29 is 31.0 Å². The molecule has 0 aliphatic carbocycles. The van der Waals surface area contributed by atoms with Crippen molar-refractivity contribution in [2.75, 3.05) is 0 Å². The standard InChI is InChI=1S/C6H5NO2.Mo/c8-6(9)5-3-1-2-4-7-5;/h1-4H,(H,8,9);. The fraction of sp³-hybridized carbons (Fsp3) is 0. The monoisotopic (exact) mass is 221 g/mol. The summed E-state index contributed by atoms with van der Waals surface area (Å²) in [6.07, 6.45) is 1.45. The van der Waals surface area contributed by atoms with Gasteiger partial charge >= 0.3 is 5.97 Å². The average Bonchev–Trinajstić information content (AvgIpc) is 1.90. The second kappa shape index (κ2) is 4.18. The first kappa shape index (κ1) is 9.31. The van der Waals surface area contributed by atoms with Crippen LogP contribution in [0.2, 0.25) is 0 Å². The van der Waals surface area contributed by atoms with Gasteiger partial charge in [0.1, 0.15) is 5.69 Å². The van der Waals surface area contributed by atoms with E-state index in [0.29, 0.717) is 0 Å². The fourth-order valence-corrected chi connectivity index (χ4v) is 0.489. The van der Waals surface area contributed by atoms with Gasteiger partial charge in [-0.05, 0) is 12.1 Å². The zero-order chi connectivity index (χ0) is 6.69. The molecule has 0 amide bonds. The van der Waals surface area contributed by atoms with Crippen LogP contribution in [0.4, 0.5) is 0 Å². The summed E-state index contributed by atoms with van der Waals surface area (Å²) in [5, 5.41) is 8.32. The van der Waals surface area contributed by atoms with Gasteiger partial charge in [0.2, 0.25) is 0 Å². The van der Waals surface area contributed by atoms with Gasteiger partial charge in [-0.1, -0.05) is 6.07 Å². The molecule has 0 bridgehead atoms. The first-order valence-electron chi connectivity index (χ1n) is 2.45. The van der Waals surface area contributed by atoms with Gasteiger partial charge in [-0.2, -0.15) is 0 Å². The van der Waals surface area contributed by atoms with E-state index in [1.807, 2.05) is 0 Å². The normalized spacial score (nSPS) is 8.00. The predicted octanol–water partition coefficient (Wildman–Crippen LogP) is 0.777. The van der Waals surface area contributed by atoms with Crippen LogP contribution in [-0.4, -0.2) is 16.1 Å². The number of aromatic carboxylic acids is 1. The van der Waals surface area contributed by atoms with Gasteiger partial charge in [-0.3, -0.25) is 0 Å². The van der Waals surface area contributed by atoms with Crippen molar-refractivity contribution in [3.8, 4) is 0 Å². The summed E-state index contributed by atoms with van der Waals surface area (Å²) in [6.45, 7) is 0. The number of pyridine rings is 1. The molecule has 0 spiro atoms. The molecule has 4 heteroatoms. The molecule has 0 unspecified atom stereocenters. The van der Waals surface area contributed by atoms with Gasteiger partial charge in [0.05, 0.1) is 0 Å². The third-order valence-corrected chi connectivity index (χ3v) is 0.884. The summed E-state index contributed by atoms with van der Waals surface area (Å²) in [5.41, 5.74) is 0.0810.